The average molecular weight is 497 g/mol. The van der Waals surface area contributed by atoms with Crippen LogP contribution in [0.5, 0.6) is 0 Å². The van der Waals surface area contributed by atoms with Crippen molar-refractivity contribution in [1.29, 1.82) is 0 Å². The van der Waals surface area contributed by atoms with E-state index in [-0.39, 0.29) is 26.6 Å². The first-order chi connectivity index (χ1) is 15.3. The van der Waals surface area contributed by atoms with E-state index in [9.17, 15) is 24.7 Å². The fourth-order valence-corrected chi connectivity index (χ4v) is 5.39. The molecule has 5 N–H and O–H groups in total. The Bertz CT molecular complexity index is 1190. The number of hydrogen-bond acceptors (Lipinski definition) is 11. The van der Waals surface area contributed by atoms with Crippen molar-refractivity contribution in [3.05, 3.63) is 45.4 Å². The monoisotopic (exact) mass is 496 g/mol. The molecule has 0 spiro atoms. The highest BCUT2D eigenvalue weighted by atomic mass is 35.5. The molecule has 0 unspecified atom stereocenters. The van der Waals surface area contributed by atoms with Crippen LogP contribution < -0.4 is 11.1 Å². The highest BCUT2D eigenvalue weighted by Crippen LogP contribution is 2.41. The van der Waals surface area contributed by atoms with Gasteiger partial charge in [-0.2, -0.15) is 0 Å². The first-order valence-corrected chi connectivity index (χ1v) is 11.0. The fourth-order valence-electron chi connectivity index (χ4n) is 3.14. The summed E-state index contributed by atoms with van der Waals surface area (Å²) in [6.07, 6.45) is 4.53. The van der Waals surface area contributed by atoms with Gasteiger partial charge in [0.25, 0.3) is 11.8 Å². The van der Waals surface area contributed by atoms with Gasteiger partial charge in [-0.05, 0) is 11.6 Å². The second kappa shape index (κ2) is 8.64. The molecule has 1 saturated heterocycles. The number of carbonyl (C=O) groups excluding carboxylic acids is 2. The Morgan fingerprint density at radius 3 is 2.81 bits per heavy atom. The largest absolute Gasteiger partial charge is 0.477 e. The van der Waals surface area contributed by atoms with Crippen LogP contribution in [-0.2, 0) is 14.4 Å². The maximum atomic E-state index is 12.7. The van der Waals surface area contributed by atoms with Crippen molar-refractivity contribution in [2.45, 2.75) is 11.4 Å². The Labute approximate surface area is 192 Å². The van der Waals surface area contributed by atoms with Gasteiger partial charge in [-0.25, -0.2) is 9.78 Å². The number of anilines is 1. The lowest BCUT2D eigenvalue weighted by Gasteiger charge is -2.49. The molecule has 2 aromatic rings. The highest BCUT2D eigenvalue weighted by molar-refractivity contribution is 8.00. The molecule has 2 amide bonds. The normalized spacial score (nSPS) is 21.0. The third kappa shape index (κ3) is 3.83. The first-order valence-electron chi connectivity index (χ1n) is 8.76. The van der Waals surface area contributed by atoms with Crippen molar-refractivity contribution in [1.82, 2.24) is 20.4 Å². The summed E-state index contributed by atoms with van der Waals surface area (Å²) in [6, 6.07) is 0.562. The van der Waals surface area contributed by atoms with Crippen molar-refractivity contribution >= 4 is 69.4 Å². The molecule has 0 radical (unpaired) electrons. The van der Waals surface area contributed by atoms with Gasteiger partial charge in [0.2, 0.25) is 0 Å². The van der Waals surface area contributed by atoms with E-state index in [1.807, 2.05) is 0 Å². The van der Waals surface area contributed by atoms with Crippen LogP contribution in [0.2, 0.25) is 4.34 Å². The zero-order valence-electron chi connectivity index (χ0n) is 15.8. The molecule has 2 aromatic heterocycles. The molecule has 0 saturated carbocycles. The molecule has 4 rings (SSSR count). The maximum Gasteiger partial charge on any atom is 0.352 e. The number of amides is 2. The van der Waals surface area contributed by atoms with Crippen LogP contribution in [0.15, 0.2) is 39.3 Å². The lowest BCUT2D eigenvalue weighted by molar-refractivity contribution is -0.150. The quantitative estimate of drug-likeness (QED) is 0.194. The van der Waals surface area contributed by atoms with Crippen LogP contribution >= 0.6 is 34.7 Å². The van der Waals surface area contributed by atoms with Gasteiger partial charge in [0, 0.05) is 11.8 Å². The minimum absolute atomic E-state index is 0.0401. The molecule has 0 aliphatic carbocycles. The van der Waals surface area contributed by atoms with Gasteiger partial charge in [-0.1, -0.05) is 39.3 Å². The van der Waals surface area contributed by atoms with E-state index in [0.717, 1.165) is 16.2 Å². The summed E-state index contributed by atoms with van der Waals surface area (Å²) in [4.78, 5) is 42.1. The number of carbonyl (C=O) groups is 3. The maximum absolute atomic E-state index is 12.7. The first kappa shape index (κ1) is 21.9. The van der Waals surface area contributed by atoms with Gasteiger partial charge < -0.3 is 25.9 Å². The standard InChI is InChI=1S/C17H13ClN6O6S2/c18-12-8(22-17(19)32-12)9(23-29)13(25)21-10-14(26)24-11(16(27)28)6(5-31-15(10)24)1-2-7-3-4-20-30-7/h1-4,10,15,29H,5H2,(H2,19,22)(H,21,25)(H,27,28)/b2-1+,23-9-/t10-,15-/m1/s1. The summed E-state index contributed by atoms with van der Waals surface area (Å²) in [5.74, 6) is -2.13. The Kier molecular flexibility index (Phi) is 5.90. The van der Waals surface area contributed by atoms with Gasteiger partial charge in [-0.3, -0.25) is 14.5 Å². The number of nitrogen functional groups attached to an aromatic ring is 1. The summed E-state index contributed by atoms with van der Waals surface area (Å²) in [7, 11) is 0. The number of nitrogens with zero attached hydrogens (tertiary/aromatic N) is 4. The molecule has 0 bridgehead atoms. The number of allylic oxidation sites excluding steroid dienone is 1. The molecule has 12 nitrogen and oxygen atoms in total. The number of rotatable bonds is 6. The van der Waals surface area contributed by atoms with Crippen molar-refractivity contribution in [2.24, 2.45) is 5.16 Å². The van der Waals surface area contributed by atoms with E-state index < -0.39 is 34.9 Å². The molecular formula is C17H13ClN6O6S2. The van der Waals surface area contributed by atoms with Crippen molar-refractivity contribution in [2.75, 3.05) is 11.5 Å². The van der Waals surface area contributed by atoms with Crippen molar-refractivity contribution < 1.29 is 29.2 Å². The number of aromatic nitrogens is 2. The Hall–Kier alpha value is -3.36. The third-order valence-electron chi connectivity index (χ3n) is 4.54. The lowest BCUT2D eigenvalue weighted by Crippen LogP contribution is -2.71. The third-order valence-corrected chi connectivity index (χ3v) is 6.92. The van der Waals surface area contributed by atoms with E-state index >= 15 is 0 Å². The number of aliphatic carboxylic acids is 1. The summed E-state index contributed by atoms with van der Waals surface area (Å²) in [5, 5.41) is 27.3. The van der Waals surface area contributed by atoms with Gasteiger partial charge in [0.05, 0.1) is 6.20 Å². The number of halogens is 1. The Morgan fingerprint density at radius 1 is 1.44 bits per heavy atom. The van der Waals surface area contributed by atoms with Crippen molar-refractivity contribution in [3.63, 3.8) is 0 Å². The number of carboxylic acids is 1. The number of nitrogens with one attached hydrogen (secondary N) is 1. The second-order valence-corrected chi connectivity index (χ2v) is 9.15. The smallest absolute Gasteiger partial charge is 0.352 e. The number of β-lactam (4-membered cyclic amide) rings is 1. The lowest BCUT2D eigenvalue weighted by atomic mass is 10.0. The molecule has 32 heavy (non-hydrogen) atoms. The number of fused-ring (bicyclic) bond motifs is 1. The van der Waals surface area contributed by atoms with Gasteiger partial charge in [-0.15, -0.1) is 11.8 Å². The molecule has 0 aromatic carbocycles. The average Bonchev–Trinajstić information content (AvgIpc) is 3.39. The zero-order chi connectivity index (χ0) is 23.0. The Morgan fingerprint density at radius 2 is 2.22 bits per heavy atom. The predicted octanol–water partition coefficient (Wildman–Crippen LogP) is 0.997. The van der Waals surface area contributed by atoms with Crippen LogP contribution in [0.4, 0.5) is 5.13 Å². The number of carboxylic acid groups (broad SMARTS) is 1. The van der Waals surface area contributed by atoms with Crippen LogP contribution in [0.25, 0.3) is 6.08 Å². The Balaban J connectivity index is 1.53. The summed E-state index contributed by atoms with van der Waals surface area (Å²) >= 11 is 8.11. The minimum Gasteiger partial charge on any atom is -0.477 e. The summed E-state index contributed by atoms with van der Waals surface area (Å²) in [5.41, 5.74) is 5.12. The van der Waals surface area contributed by atoms with E-state index in [4.69, 9.17) is 21.9 Å². The van der Waals surface area contributed by atoms with E-state index in [2.05, 4.69) is 20.6 Å². The molecular weight excluding hydrogens is 484 g/mol. The molecule has 4 heterocycles. The summed E-state index contributed by atoms with van der Waals surface area (Å²) < 4.78 is 4.99. The van der Waals surface area contributed by atoms with Gasteiger partial charge >= 0.3 is 5.97 Å². The van der Waals surface area contributed by atoms with E-state index in [1.165, 1.54) is 24.0 Å². The molecule has 2 aliphatic rings. The molecule has 2 aliphatic heterocycles. The van der Waals surface area contributed by atoms with Crippen LogP contribution in [0.3, 0.4) is 0 Å². The van der Waals surface area contributed by atoms with Gasteiger partial charge in [0.1, 0.15) is 27.1 Å². The summed E-state index contributed by atoms with van der Waals surface area (Å²) in [6.45, 7) is 0. The van der Waals surface area contributed by atoms with Crippen LogP contribution in [0.1, 0.15) is 11.5 Å². The highest BCUT2D eigenvalue weighted by Gasteiger charge is 2.54. The van der Waals surface area contributed by atoms with Crippen LogP contribution in [-0.4, -0.2) is 66.0 Å². The topological polar surface area (TPSA) is 184 Å². The molecule has 15 heteroatoms. The van der Waals surface area contributed by atoms with Crippen LogP contribution in [0, 0.1) is 0 Å². The zero-order valence-corrected chi connectivity index (χ0v) is 18.1. The molecule has 1 fully saturated rings. The number of oxime groups is 1. The van der Waals surface area contributed by atoms with Crippen molar-refractivity contribution in [3.8, 4) is 0 Å². The minimum atomic E-state index is -1.28. The van der Waals surface area contributed by atoms with E-state index in [1.54, 1.807) is 12.1 Å². The number of hydrogen-bond donors (Lipinski definition) is 4. The molecule has 166 valence electrons. The number of thioether (sulfide) groups is 1. The second-order valence-electron chi connectivity index (χ2n) is 6.41. The number of nitrogens with two attached hydrogens (primary N) is 1. The fraction of sp³-hybridized carbons (Fsp3) is 0.176. The van der Waals surface area contributed by atoms with E-state index in [0.29, 0.717) is 11.3 Å². The SMILES string of the molecule is Nc1nc(/C(=N/O)C(=O)N[C@@H]2C(=O)N3C(C(=O)O)=C(/C=C/c4ccno4)CS[C@H]23)c(Cl)s1. The number of thiazole rings is 1. The predicted molar refractivity (Wildman–Crippen MR) is 115 cm³/mol. The molecule has 2 atom stereocenters. The van der Waals surface area contributed by atoms with Gasteiger partial charge in [0.15, 0.2) is 16.6 Å².